The number of halogens is 3. The highest BCUT2D eigenvalue weighted by Crippen LogP contribution is 2.29. The third-order valence-electron chi connectivity index (χ3n) is 1.94. The maximum atomic E-state index is 12.4. The van der Waals surface area contributed by atoms with Crippen molar-refractivity contribution in [1.82, 2.24) is 15.0 Å². The number of aryl methyl sites for hydroxylation is 1. The fraction of sp³-hybridized carbons (Fsp3) is 0.300. The lowest BCUT2D eigenvalue weighted by Gasteiger charge is -2.05. The van der Waals surface area contributed by atoms with Gasteiger partial charge in [0, 0.05) is 17.3 Å². The average Bonchev–Trinajstić information content (AvgIpc) is 2.72. The Labute approximate surface area is 110 Å². The first-order valence-corrected chi connectivity index (χ1v) is 6.76. The molecule has 0 saturated carbocycles. The number of alkyl halides is 3. The summed E-state index contributed by atoms with van der Waals surface area (Å²) in [6, 6.07) is 0.858. The molecular formula is C10H8F3N3S2. The Kier molecular flexibility index (Phi) is 3.86. The van der Waals surface area contributed by atoms with Gasteiger partial charge in [-0.3, -0.25) is 0 Å². The molecule has 0 unspecified atom stereocenters. The zero-order valence-corrected chi connectivity index (χ0v) is 10.9. The third kappa shape index (κ3) is 3.42. The molecule has 2 aromatic heterocycles. The first-order chi connectivity index (χ1) is 8.45. The maximum Gasteiger partial charge on any atom is 0.433 e. The molecule has 96 valence electrons. The molecule has 2 heterocycles. The van der Waals surface area contributed by atoms with E-state index in [0.717, 1.165) is 34.7 Å². The van der Waals surface area contributed by atoms with Crippen LogP contribution in [0.2, 0.25) is 0 Å². The van der Waals surface area contributed by atoms with Crippen LogP contribution in [0.5, 0.6) is 0 Å². The van der Waals surface area contributed by atoms with Gasteiger partial charge in [0.15, 0.2) is 5.16 Å². The van der Waals surface area contributed by atoms with Gasteiger partial charge in [0.2, 0.25) is 0 Å². The Balaban J connectivity index is 2.06. The minimum absolute atomic E-state index is 0.107. The zero-order chi connectivity index (χ0) is 13.2. The number of hydrogen-bond acceptors (Lipinski definition) is 5. The molecule has 0 bridgehead atoms. The van der Waals surface area contributed by atoms with Crippen LogP contribution in [0, 0.1) is 6.92 Å². The SMILES string of the molecule is Cc1nc(CSc2nccc(C(F)(F)F)n2)cs1. The van der Waals surface area contributed by atoms with Gasteiger partial charge in [-0.1, -0.05) is 11.8 Å². The molecular weight excluding hydrogens is 283 g/mol. The highest BCUT2D eigenvalue weighted by molar-refractivity contribution is 7.98. The summed E-state index contributed by atoms with van der Waals surface area (Å²) in [6.45, 7) is 1.87. The molecule has 18 heavy (non-hydrogen) atoms. The van der Waals surface area contributed by atoms with Crippen molar-refractivity contribution in [2.45, 2.75) is 24.0 Å². The highest BCUT2D eigenvalue weighted by Gasteiger charge is 2.32. The van der Waals surface area contributed by atoms with Gasteiger partial charge >= 0.3 is 6.18 Å². The van der Waals surface area contributed by atoms with Gasteiger partial charge in [-0.25, -0.2) is 15.0 Å². The maximum absolute atomic E-state index is 12.4. The van der Waals surface area contributed by atoms with Crippen molar-refractivity contribution in [2.24, 2.45) is 0 Å². The topological polar surface area (TPSA) is 38.7 Å². The average molecular weight is 291 g/mol. The standard InChI is InChI=1S/C10H8F3N3S2/c1-6-15-7(4-17-6)5-18-9-14-3-2-8(16-9)10(11,12)13/h2-4H,5H2,1H3. The van der Waals surface area contributed by atoms with Crippen molar-refractivity contribution in [2.75, 3.05) is 0 Å². The molecule has 0 atom stereocenters. The lowest BCUT2D eigenvalue weighted by atomic mass is 10.4. The van der Waals surface area contributed by atoms with E-state index >= 15 is 0 Å². The van der Waals surface area contributed by atoms with E-state index in [-0.39, 0.29) is 5.16 Å². The predicted octanol–water partition coefficient (Wildman–Crippen LogP) is 3.55. The van der Waals surface area contributed by atoms with Gasteiger partial charge in [0.05, 0.1) is 10.7 Å². The van der Waals surface area contributed by atoms with Gasteiger partial charge in [-0.2, -0.15) is 13.2 Å². The van der Waals surface area contributed by atoms with E-state index in [4.69, 9.17) is 0 Å². The molecule has 0 aliphatic carbocycles. The molecule has 2 aromatic rings. The highest BCUT2D eigenvalue weighted by atomic mass is 32.2. The van der Waals surface area contributed by atoms with Crippen LogP contribution >= 0.6 is 23.1 Å². The Morgan fingerprint density at radius 3 is 2.72 bits per heavy atom. The van der Waals surface area contributed by atoms with Crippen molar-refractivity contribution in [3.8, 4) is 0 Å². The summed E-state index contributed by atoms with van der Waals surface area (Å²) < 4.78 is 37.3. The van der Waals surface area contributed by atoms with E-state index in [1.54, 1.807) is 0 Å². The molecule has 0 aromatic carbocycles. The van der Waals surface area contributed by atoms with Crippen molar-refractivity contribution in [1.29, 1.82) is 0 Å². The molecule has 8 heteroatoms. The van der Waals surface area contributed by atoms with Crippen LogP contribution in [0.25, 0.3) is 0 Å². The van der Waals surface area contributed by atoms with Crippen molar-refractivity contribution in [3.05, 3.63) is 34.0 Å². The fourth-order valence-electron chi connectivity index (χ4n) is 1.18. The molecule has 0 aliphatic rings. The largest absolute Gasteiger partial charge is 0.433 e. The second-order valence-corrected chi connectivity index (χ2v) is 5.37. The molecule has 0 spiro atoms. The monoisotopic (exact) mass is 291 g/mol. The lowest BCUT2D eigenvalue weighted by Crippen LogP contribution is -2.08. The second kappa shape index (κ2) is 5.23. The zero-order valence-electron chi connectivity index (χ0n) is 9.23. The lowest BCUT2D eigenvalue weighted by molar-refractivity contribution is -0.141. The summed E-state index contributed by atoms with van der Waals surface area (Å²) in [7, 11) is 0. The Bertz CT molecular complexity index is 539. The van der Waals surface area contributed by atoms with Gasteiger partial charge in [0.25, 0.3) is 0 Å². The molecule has 3 nitrogen and oxygen atoms in total. The van der Waals surface area contributed by atoms with Crippen molar-refractivity contribution < 1.29 is 13.2 Å². The first kappa shape index (κ1) is 13.3. The van der Waals surface area contributed by atoms with Crippen LogP contribution in [0.3, 0.4) is 0 Å². The normalized spacial score (nSPS) is 11.8. The Morgan fingerprint density at radius 2 is 2.11 bits per heavy atom. The number of thiazole rings is 1. The van der Waals surface area contributed by atoms with Crippen LogP contribution in [-0.2, 0) is 11.9 Å². The van der Waals surface area contributed by atoms with Crippen molar-refractivity contribution in [3.63, 3.8) is 0 Å². The first-order valence-electron chi connectivity index (χ1n) is 4.89. The van der Waals surface area contributed by atoms with Crippen LogP contribution in [0.15, 0.2) is 22.8 Å². The van der Waals surface area contributed by atoms with Crippen LogP contribution in [0.1, 0.15) is 16.4 Å². The number of rotatable bonds is 3. The van der Waals surface area contributed by atoms with Gasteiger partial charge in [0.1, 0.15) is 5.69 Å². The van der Waals surface area contributed by atoms with E-state index < -0.39 is 11.9 Å². The Morgan fingerprint density at radius 1 is 1.33 bits per heavy atom. The minimum Gasteiger partial charge on any atom is -0.246 e. The second-order valence-electron chi connectivity index (χ2n) is 3.37. The van der Waals surface area contributed by atoms with Gasteiger partial charge in [-0.15, -0.1) is 11.3 Å². The van der Waals surface area contributed by atoms with Crippen molar-refractivity contribution >= 4 is 23.1 Å². The van der Waals surface area contributed by atoms with E-state index in [0.29, 0.717) is 5.75 Å². The summed E-state index contributed by atoms with van der Waals surface area (Å²) in [5.41, 5.74) is -0.0991. The molecule has 0 radical (unpaired) electrons. The number of nitrogens with zero attached hydrogens (tertiary/aromatic N) is 3. The third-order valence-corrected chi connectivity index (χ3v) is 3.66. The number of thioether (sulfide) groups is 1. The molecule has 0 fully saturated rings. The van der Waals surface area contributed by atoms with Gasteiger partial charge < -0.3 is 0 Å². The van der Waals surface area contributed by atoms with Crippen LogP contribution in [0.4, 0.5) is 13.2 Å². The van der Waals surface area contributed by atoms with E-state index in [1.165, 1.54) is 11.3 Å². The summed E-state index contributed by atoms with van der Waals surface area (Å²) in [4.78, 5) is 11.5. The number of hydrogen-bond donors (Lipinski definition) is 0. The molecule has 2 rings (SSSR count). The fourth-order valence-corrected chi connectivity index (χ4v) is 2.62. The predicted molar refractivity (Wildman–Crippen MR) is 63.4 cm³/mol. The molecule has 0 amide bonds. The summed E-state index contributed by atoms with van der Waals surface area (Å²) in [5, 5.41) is 2.90. The number of aromatic nitrogens is 3. The summed E-state index contributed by atoms with van der Waals surface area (Å²) >= 11 is 2.64. The Hall–Kier alpha value is -1.15. The molecule has 0 N–H and O–H groups in total. The van der Waals surface area contributed by atoms with E-state index in [9.17, 15) is 13.2 Å². The van der Waals surface area contributed by atoms with Crippen LogP contribution in [-0.4, -0.2) is 15.0 Å². The minimum atomic E-state index is -4.44. The smallest absolute Gasteiger partial charge is 0.246 e. The molecule has 0 saturated heterocycles. The summed E-state index contributed by atoms with van der Waals surface area (Å²) in [5.74, 6) is 0.464. The molecule has 0 aliphatic heterocycles. The van der Waals surface area contributed by atoms with Gasteiger partial charge in [-0.05, 0) is 13.0 Å². The van der Waals surface area contributed by atoms with Crippen LogP contribution < -0.4 is 0 Å². The quantitative estimate of drug-likeness (QED) is 0.640. The van der Waals surface area contributed by atoms with E-state index in [2.05, 4.69) is 15.0 Å². The summed E-state index contributed by atoms with van der Waals surface area (Å²) in [6.07, 6.45) is -3.32. The van der Waals surface area contributed by atoms with E-state index in [1.807, 2.05) is 12.3 Å².